The molecular formula is C30H44O3. The summed E-state index contributed by atoms with van der Waals surface area (Å²) in [6, 6.07) is 0. The van der Waals surface area contributed by atoms with Crippen molar-refractivity contribution in [1.82, 2.24) is 0 Å². The summed E-state index contributed by atoms with van der Waals surface area (Å²) < 4.78 is 0. The van der Waals surface area contributed by atoms with E-state index in [-0.39, 0.29) is 35.1 Å². The number of rotatable bonds is 5. The molecule has 33 heavy (non-hydrogen) atoms. The van der Waals surface area contributed by atoms with Gasteiger partial charge >= 0.3 is 0 Å². The lowest BCUT2D eigenvalue weighted by molar-refractivity contribution is -0.178. The van der Waals surface area contributed by atoms with E-state index in [0.29, 0.717) is 12.8 Å². The second-order valence-corrected chi connectivity index (χ2v) is 11.8. The van der Waals surface area contributed by atoms with Crippen LogP contribution in [0.25, 0.3) is 0 Å². The Morgan fingerprint density at radius 2 is 1.64 bits per heavy atom. The first-order valence-corrected chi connectivity index (χ1v) is 12.6. The van der Waals surface area contributed by atoms with E-state index in [1.165, 1.54) is 11.1 Å². The molecule has 0 unspecified atom stereocenters. The number of Topliss-reactive ketones (excluding diaryl/α,β-unsaturated/α-hetero) is 1. The van der Waals surface area contributed by atoms with Crippen molar-refractivity contribution < 1.29 is 15.0 Å². The van der Waals surface area contributed by atoms with E-state index >= 15 is 0 Å². The van der Waals surface area contributed by atoms with Gasteiger partial charge in [-0.1, -0.05) is 68.4 Å². The van der Waals surface area contributed by atoms with Gasteiger partial charge in [-0.05, 0) is 76.2 Å². The number of carbonyl (C=O) groups excluding carboxylic acids is 1. The minimum Gasteiger partial charge on any atom is -0.396 e. The highest BCUT2D eigenvalue weighted by Gasteiger charge is 2.65. The molecule has 3 heteroatoms. The van der Waals surface area contributed by atoms with E-state index in [4.69, 9.17) is 0 Å². The number of allylic oxidation sites excluding steroid dienone is 10. The van der Waals surface area contributed by atoms with Gasteiger partial charge in [-0.2, -0.15) is 0 Å². The molecule has 0 aliphatic heterocycles. The molecule has 3 nitrogen and oxygen atoms in total. The number of aliphatic hydroxyl groups excluding tert-OH is 2. The van der Waals surface area contributed by atoms with Crippen molar-refractivity contribution in [1.29, 1.82) is 0 Å². The smallest absolute Gasteiger partial charge is 0.160 e. The van der Waals surface area contributed by atoms with Crippen molar-refractivity contribution >= 4 is 5.78 Å². The van der Waals surface area contributed by atoms with Crippen LogP contribution in [0.4, 0.5) is 0 Å². The topological polar surface area (TPSA) is 57.5 Å². The van der Waals surface area contributed by atoms with Crippen molar-refractivity contribution in [2.24, 2.45) is 28.1 Å². The fraction of sp³-hybridized carbons (Fsp3) is 0.633. The third-order valence-electron chi connectivity index (χ3n) is 9.30. The standard InChI is InChI=1S/C30H44O3/c1-20(2)10-8-11-21(3)12-9-13-22(4)27-23(32)18-25-28(5)17-15-26(33)30(7,19-31)24(28)14-16-29(25,27)6/h8-13,24-26,31,33H,14-19H2,1-7H3/b11-8?,13-9?,21-12?,27-22+/t24-,25+,26-,28+,29+,30-/m1/s1. The summed E-state index contributed by atoms with van der Waals surface area (Å²) >= 11 is 0. The van der Waals surface area contributed by atoms with Crippen LogP contribution in [0.5, 0.6) is 0 Å². The lowest BCUT2D eigenvalue weighted by atomic mass is 9.43. The van der Waals surface area contributed by atoms with Crippen LogP contribution in [0.1, 0.15) is 80.6 Å². The number of hydrogen-bond donors (Lipinski definition) is 2. The molecule has 0 aromatic rings. The minimum atomic E-state index is -0.486. The van der Waals surface area contributed by atoms with Gasteiger partial charge in [0.1, 0.15) is 0 Å². The Hall–Kier alpha value is -1.71. The van der Waals surface area contributed by atoms with Gasteiger partial charge in [0.2, 0.25) is 0 Å². The van der Waals surface area contributed by atoms with Crippen LogP contribution in [0.2, 0.25) is 0 Å². The Bertz CT molecular complexity index is 928. The number of hydrogen-bond acceptors (Lipinski definition) is 3. The number of fused-ring (bicyclic) bond motifs is 3. The Morgan fingerprint density at radius 1 is 0.970 bits per heavy atom. The molecule has 3 rings (SSSR count). The van der Waals surface area contributed by atoms with Crippen LogP contribution >= 0.6 is 0 Å². The normalized spacial score (nSPS) is 40.8. The molecule has 0 saturated heterocycles. The van der Waals surface area contributed by atoms with E-state index in [2.05, 4.69) is 78.0 Å². The van der Waals surface area contributed by atoms with E-state index in [1.807, 2.05) is 6.92 Å². The average molecular weight is 453 g/mol. The van der Waals surface area contributed by atoms with Crippen molar-refractivity contribution in [3.05, 3.63) is 58.7 Å². The first-order chi connectivity index (χ1) is 15.4. The lowest BCUT2D eigenvalue weighted by Gasteiger charge is -2.62. The van der Waals surface area contributed by atoms with Gasteiger partial charge in [-0.25, -0.2) is 0 Å². The maximum atomic E-state index is 13.4. The third-order valence-corrected chi connectivity index (χ3v) is 9.30. The quantitative estimate of drug-likeness (QED) is 0.370. The van der Waals surface area contributed by atoms with Crippen molar-refractivity contribution in [2.75, 3.05) is 6.61 Å². The first-order valence-electron chi connectivity index (χ1n) is 12.6. The maximum Gasteiger partial charge on any atom is 0.160 e. The highest BCUT2D eigenvalue weighted by Crippen LogP contribution is 2.69. The monoisotopic (exact) mass is 452 g/mol. The zero-order valence-electron chi connectivity index (χ0n) is 21.7. The molecule has 3 saturated carbocycles. The molecular weight excluding hydrogens is 408 g/mol. The summed E-state index contributed by atoms with van der Waals surface area (Å²) in [6.07, 6.45) is 16.1. The van der Waals surface area contributed by atoms with Crippen LogP contribution < -0.4 is 0 Å². The predicted molar refractivity (Wildman–Crippen MR) is 137 cm³/mol. The minimum absolute atomic E-state index is 0.00398. The molecule has 0 amide bonds. The zero-order chi connectivity index (χ0) is 24.6. The molecule has 0 bridgehead atoms. The van der Waals surface area contributed by atoms with Gasteiger partial charge in [0.15, 0.2) is 5.78 Å². The van der Waals surface area contributed by atoms with Crippen LogP contribution in [0.3, 0.4) is 0 Å². The largest absolute Gasteiger partial charge is 0.396 e. The fourth-order valence-corrected chi connectivity index (χ4v) is 7.48. The van der Waals surface area contributed by atoms with Gasteiger partial charge in [-0.15, -0.1) is 0 Å². The summed E-state index contributed by atoms with van der Waals surface area (Å²) in [5.74, 6) is 0.780. The number of ketones is 1. The van der Waals surface area contributed by atoms with Gasteiger partial charge in [-0.3, -0.25) is 4.79 Å². The molecule has 3 aliphatic carbocycles. The highest BCUT2D eigenvalue weighted by atomic mass is 16.3. The van der Waals surface area contributed by atoms with Crippen molar-refractivity contribution in [2.45, 2.75) is 86.7 Å². The van der Waals surface area contributed by atoms with Gasteiger partial charge in [0.25, 0.3) is 0 Å². The van der Waals surface area contributed by atoms with E-state index in [1.54, 1.807) is 0 Å². The summed E-state index contributed by atoms with van der Waals surface area (Å²) in [5.41, 5.74) is 3.85. The Labute approximate surface area is 201 Å². The van der Waals surface area contributed by atoms with Crippen LogP contribution in [-0.4, -0.2) is 28.7 Å². The number of aliphatic hydroxyl groups is 2. The van der Waals surface area contributed by atoms with E-state index in [0.717, 1.165) is 30.4 Å². The van der Waals surface area contributed by atoms with E-state index in [9.17, 15) is 15.0 Å². The first kappa shape index (κ1) is 25.9. The van der Waals surface area contributed by atoms with Crippen LogP contribution in [0.15, 0.2) is 58.7 Å². The summed E-state index contributed by atoms with van der Waals surface area (Å²) in [4.78, 5) is 13.4. The van der Waals surface area contributed by atoms with Crippen LogP contribution in [-0.2, 0) is 4.79 Å². The third kappa shape index (κ3) is 4.51. The van der Waals surface area contributed by atoms with Crippen molar-refractivity contribution in [3.8, 4) is 0 Å². The summed E-state index contributed by atoms with van der Waals surface area (Å²) in [7, 11) is 0. The van der Waals surface area contributed by atoms with Gasteiger partial charge in [0.05, 0.1) is 12.7 Å². The Balaban J connectivity index is 1.90. The molecule has 0 aromatic heterocycles. The highest BCUT2D eigenvalue weighted by molar-refractivity contribution is 6.00. The van der Waals surface area contributed by atoms with E-state index < -0.39 is 11.5 Å². The molecule has 2 N–H and O–H groups in total. The molecule has 0 aromatic carbocycles. The van der Waals surface area contributed by atoms with Crippen molar-refractivity contribution in [3.63, 3.8) is 0 Å². The van der Waals surface area contributed by atoms with Crippen LogP contribution in [0, 0.1) is 28.1 Å². The fourth-order valence-electron chi connectivity index (χ4n) is 7.48. The lowest BCUT2D eigenvalue weighted by Crippen LogP contribution is -2.59. The SMILES string of the molecule is CC(C)=CC=CC(C)=CC=C/C(C)=C1\C(=O)C[C@H]2[C@@]3(C)CC[C@@H](O)[C@](C)(CO)[C@@H]3CC[C@]12C. The maximum absolute atomic E-state index is 13.4. The molecule has 3 aliphatic rings. The molecule has 0 heterocycles. The summed E-state index contributed by atoms with van der Waals surface area (Å²) in [6.45, 7) is 15.0. The zero-order valence-corrected chi connectivity index (χ0v) is 21.7. The molecule has 6 atom stereocenters. The molecule has 0 spiro atoms. The van der Waals surface area contributed by atoms with Gasteiger partial charge < -0.3 is 10.2 Å². The van der Waals surface area contributed by atoms with Gasteiger partial charge in [0, 0.05) is 22.8 Å². The Kier molecular flexibility index (Phi) is 7.46. The predicted octanol–water partition coefficient (Wildman–Crippen LogP) is 6.49. The average Bonchev–Trinajstić information content (AvgIpc) is 3.02. The molecule has 3 fully saturated rings. The number of carbonyl (C=O) groups is 1. The molecule has 182 valence electrons. The Morgan fingerprint density at radius 3 is 2.27 bits per heavy atom. The summed E-state index contributed by atoms with van der Waals surface area (Å²) in [5, 5.41) is 21.0. The molecule has 0 radical (unpaired) electrons. The second-order valence-electron chi connectivity index (χ2n) is 11.8. The second kappa shape index (κ2) is 9.50.